The molecule has 1 amide bonds. The summed E-state index contributed by atoms with van der Waals surface area (Å²) in [5, 5.41) is 5.98. The van der Waals surface area contributed by atoms with Gasteiger partial charge in [0.2, 0.25) is 5.91 Å². The Morgan fingerprint density at radius 3 is 3.06 bits per heavy atom. The summed E-state index contributed by atoms with van der Waals surface area (Å²) in [5.74, 6) is 0.650. The van der Waals surface area contributed by atoms with Gasteiger partial charge in [0.15, 0.2) is 0 Å². The molecular weight excluding hydrogens is 228 g/mol. The monoisotopic (exact) mass is 248 g/mol. The lowest BCUT2D eigenvalue weighted by atomic mass is 10.2. The maximum Gasteiger partial charge on any atom is 0.222 e. The molecule has 1 heterocycles. The molecule has 0 radical (unpaired) electrons. The van der Waals surface area contributed by atoms with Gasteiger partial charge in [0.1, 0.15) is 0 Å². The first-order valence-electron chi connectivity index (χ1n) is 5.57. The van der Waals surface area contributed by atoms with Crippen LogP contribution >= 0.6 is 0 Å². The van der Waals surface area contributed by atoms with Gasteiger partial charge in [-0.05, 0) is 6.42 Å². The summed E-state index contributed by atoms with van der Waals surface area (Å²) in [6.45, 7) is 2.87. The fourth-order valence-electron chi connectivity index (χ4n) is 1.53. The van der Waals surface area contributed by atoms with Crippen molar-refractivity contribution in [3.63, 3.8) is 0 Å². The molecule has 1 aliphatic rings. The third kappa shape index (κ3) is 6.19. The van der Waals surface area contributed by atoms with E-state index < -0.39 is 10.8 Å². The number of nitrogens with one attached hydrogen (secondary N) is 2. The predicted molar refractivity (Wildman–Crippen MR) is 63.8 cm³/mol. The minimum Gasteiger partial charge on any atom is -0.375 e. The minimum absolute atomic E-state index is 0.00550. The van der Waals surface area contributed by atoms with Gasteiger partial charge >= 0.3 is 0 Å². The zero-order chi connectivity index (χ0) is 11.8. The van der Waals surface area contributed by atoms with Crippen molar-refractivity contribution >= 4 is 16.7 Å². The van der Waals surface area contributed by atoms with E-state index in [1.165, 1.54) is 0 Å². The normalized spacial score (nSPS) is 22.7. The van der Waals surface area contributed by atoms with E-state index in [2.05, 4.69) is 10.6 Å². The molecule has 0 spiro atoms. The van der Waals surface area contributed by atoms with E-state index in [0.717, 1.165) is 19.5 Å². The van der Waals surface area contributed by atoms with Gasteiger partial charge in [0.25, 0.3) is 0 Å². The third-order valence-corrected chi connectivity index (χ3v) is 3.21. The molecule has 1 aliphatic heterocycles. The molecule has 0 saturated carbocycles. The summed E-state index contributed by atoms with van der Waals surface area (Å²) < 4.78 is 16.2. The average Bonchev–Trinajstić information content (AvgIpc) is 2.25. The van der Waals surface area contributed by atoms with E-state index in [4.69, 9.17) is 4.74 Å². The highest BCUT2D eigenvalue weighted by molar-refractivity contribution is 7.84. The van der Waals surface area contributed by atoms with Crippen molar-refractivity contribution in [3.05, 3.63) is 0 Å². The first-order valence-corrected chi connectivity index (χ1v) is 7.30. The van der Waals surface area contributed by atoms with Gasteiger partial charge in [-0.3, -0.25) is 9.00 Å². The number of rotatable bonds is 6. The molecule has 0 aliphatic carbocycles. The van der Waals surface area contributed by atoms with Crippen molar-refractivity contribution in [1.29, 1.82) is 0 Å². The second kappa shape index (κ2) is 7.76. The van der Waals surface area contributed by atoms with E-state index in [1.807, 2.05) is 0 Å². The summed E-state index contributed by atoms with van der Waals surface area (Å²) in [7, 11) is -0.773. The first-order chi connectivity index (χ1) is 7.68. The standard InChI is InChI=1S/C10H20N2O3S/c1-16(14)6-2-3-12-10(13)7-9-8-11-4-5-15-9/h9,11H,2-8H2,1H3,(H,12,13). The second-order valence-electron chi connectivity index (χ2n) is 3.88. The zero-order valence-corrected chi connectivity index (χ0v) is 10.5. The quantitative estimate of drug-likeness (QED) is 0.607. The molecule has 16 heavy (non-hydrogen) atoms. The van der Waals surface area contributed by atoms with Crippen LogP contribution in [0.1, 0.15) is 12.8 Å². The topological polar surface area (TPSA) is 67.4 Å². The first kappa shape index (κ1) is 13.6. The number of hydrogen-bond donors (Lipinski definition) is 2. The van der Waals surface area contributed by atoms with Crippen LogP contribution in [0.15, 0.2) is 0 Å². The number of morpholine rings is 1. The summed E-state index contributed by atoms with van der Waals surface area (Å²) in [4.78, 5) is 11.5. The van der Waals surface area contributed by atoms with E-state index in [9.17, 15) is 9.00 Å². The number of ether oxygens (including phenoxy) is 1. The lowest BCUT2D eigenvalue weighted by molar-refractivity contribution is -0.124. The number of carbonyl (C=O) groups is 1. The number of amides is 1. The molecule has 0 aromatic heterocycles. The molecule has 2 atom stereocenters. The maximum absolute atomic E-state index is 11.5. The molecule has 0 bridgehead atoms. The van der Waals surface area contributed by atoms with Crippen molar-refractivity contribution in [2.45, 2.75) is 18.9 Å². The van der Waals surface area contributed by atoms with Crippen LogP contribution in [0.25, 0.3) is 0 Å². The highest BCUT2D eigenvalue weighted by Gasteiger charge is 2.16. The van der Waals surface area contributed by atoms with Crippen molar-refractivity contribution in [2.75, 3.05) is 38.2 Å². The molecule has 2 N–H and O–H groups in total. The van der Waals surface area contributed by atoms with E-state index >= 15 is 0 Å². The Balaban J connectivity index is 2.03. The van der Waals surface area contributed by atoms with Crippen molar-refractivity contribution < 1.29 is 13.7 Å². The van der Waals surface area contributed by atoms with Crippen LogP contribution in [-0.4, -0.2) is 54.5 Å². The Morgan fingerprint density at radius 1 is 1.62 bits per heavy atom. The highest BCUT2D eigenvalue weighted by Crippen LogP contribution is 2.00. The van der Waals surface area contributed by atoms with Crippen molar-refractivity contribution in [3.8, 4) is 0 Å². The average molecular weight is 248 g/mol. The van der Waals surface area contributed by atoms with Gasteiger partial charge in [0.05, 0.1) is 19.1 Å². The molecule has 2 unspecified atom stereocenters. The Labute approximate surface area is 98.8 Å². The molecule has 0 aromatic rings. The molecule has 6 heteroatoms. The minimum atomic E-state index is -0.773. The maximum atomic E-state index is 11.5. The van der Waals surface area contributed by atoms with Crippen LogP contribution in [-0.2, 0) is 20.3 Å². The van der Waals surface area contributed by atoms with Crippen LogP contribution in [0.4, 0.5) is 0 Å². The summed E-state index contributed by atoms with van der Waals surface area (Å²) >= 11 is 0. The van der Waals surface area contributed by atoms with Gasteiger partial charge in [-0.15, -0.1) is 0 Å². The van der Waals surface area contributed by atoms with Crippen LogP contribution in [0.3, 0.4) is 0 Å². The van der Waals surface area contributed by atoms with E-state index in [0.29, 0.717) is 25.3 Å². The zero-order valence-electron chi connectivity index (χ0n) is 9.66. The Kier molecular flexibility index (Phi) is 6.59. The molecule has 5 nitrogen and oxygen atoms in total. The molecule has 94 valence electrons. The van der Waals surface area contributed by atoms with Gasteiger partial charge in [-0.25, -0.2) is 0 Å². The highest BCUT2D eigenvalue weighted by atomic mass is 32.2. The molecular formula is C10H20N2O3S. The van der Waals surface area contributed by atoms with Crippen molar-refractivity contribution in [1.82, 2.24) is 10.6 Å². The van der Waals surface area contributed by atoms with Crippen LogP contribution in [0, 0.1) is 0 Å². The Bertz CT molecular complexity index is 242. The Hall–Kier alpha value is -0.460. The fraction of sp³-hybridized carbons (Fsp3) is 0.900. The fourth-order valence-corrected chi connectivity index (χ4v) is 2.08. The predicted octanol–water partition coefficient (Wildman–Crippen LogP) is -0.750. The van der Waals surface area contributed by atoms with Crippen molar-refractivity contribution in [2.24, 2.45) is 0 Å². The van der Waals surface area contributed by atoms with Gasteiger partial charge in [-0.1, -0.05) is 0 Å². The van der Waals surface area contributed by atoms with Crippen LogP contribution < -0.4 is 10.6 Å². The smallest absolute Gasteiger partial charge is 0.222 e. The molecule has 1 saturated heterocycles. The Morgan fingerprint density at radius 2 is 2.44 bits per heavy atom. The molecule has 0 aromatic carbocycles. The van der Waals surface area contributed by atoms with E-state index in [1.54, 1.807) is 6.26 Å². The summed E-state index contributed by atoms with van der Waals surface area (Å²) in [6.07, 6.45) is 2.83. The number of hydrogen-bond acceptors (Lipinski definition) is 4. The van der Waals surface area contributed by atoms with Gasteiger partial charge < -0.3 is 15.4 Å². The number of carbonyl (C=O) groups excluding carboxylic acids is 1. The second-order valence-corrected chi connectivity index (χ2v) is 5.44. The molecule has 1 rings (SSSR count). The molecule has 1 fully saturated rings. The van der Waals surface area contributed by atoms with Gasteiger partial charge in [-0.2, -0.15) is 0 Å². The van der Waals surface area contributed by atoms with Gasteiger partial charge in [0, 0.05) is 42.4 Å². The lowest BCUT2D eigenvalue weighted by Gasteiger charge is -2.22. The summed E-state index contributed by atoms with van der Waals surface area (Å²) in [6, 6.07) is 0. The van der Waals surface area contributed by atoms with Crippen LogP contribution in [0.2, 0.25) is 0 Å². The van der Waals surface area contributed by atoms with Crippen LogP contribution in [0.5, 0.6) is 0 Å². The largest absolute Gasteiger partial charge is 0.375 e. The SMILES string of the molecule is CS(=O)CCCNC(=O)CC1CNCCO1. The summed E-state index contributed by atoms with van der Waals surface area (Å²) in [5.41, 5.74) is 0. The third-order valence-electron chi connectivity index (χ3n) is 2.35. The van der Waals surface area contributed by atoms with E-state index in [-0.39, 0.29) is 12.0 Å². The lowest BCUT2D eigenvalue weighted by Crippen LogP contribution is -2.41.